The first-order valence-electron chi connectivity index (χ1n) is 17.0. The molecule has 4 aliphatic rings. The highest BCUT2D eigenvalue weighted by Crippen LogP contribution is 2.36. The van der Waals surface area contributed by atoms with E-state index in [2.05, 4.69) is 19.0 Å². The van der Waals surface area contributed by atoms with Gasteiger partial charge in [-0.3, -0.25) is 18.7 Å². The molecule has 0 aromatic heterocycles. The summed E-state index contributed by atoms with van der Waals surface area (Å²) in [6, 6.07) is -3.98. The van der Waals surface area contributed by atoms with E-state index in [1.54, 1.807) is 0 Å². The van der Waals surface area contributed by atoms with Crippen molar-refractivity contribution in [3.8, 4) is 0 Å². The predicted octanol–water partition coefficient (Wildman–Crippen LogP) is -8.47. The molecule has 4 rings (SSSR count). The summed E-state index contributed by atoms with van der Waals surface area (Å²) in [5.41, 5.74) is 0. The van der Waals surface area contributed by atoms with E-state index in [1.807, 2.05) is 0 Å². The van der Waals surface area contributed by atoms with E-state index in [4.69, 9.17) is 33.2 Å². The Bertz CT molecular complexity index is 1820. The minimum Gasteiger partial charge on any atom is -0.479 e. The molecular formula is C28H42N2O28S2. The molecule has 4 heterocycles. The van der Waals surface area contributed by atoms with Crippen LogP contribution in [-0.4, -0.2) is 219 Å². The van der Waals surface area contributed by atoms with Gasteiger partial charge in [-0.1, -0.05) is 0 Å². The number of rotatable bonds is 16. The SMILES string of the molecule is CC(=O)N[C@H]1[C@H](O[C@H]2[C@H](O)[C@@H](O)[C@H](O[C@H]3[C@@H](OS(=O)(=O)O)[C@@H](CO)OC(O)[C@@H]3NC(C)=O)O[C@@H]2C(=O)O)O[C@H](CO)[C@H](OS(=O)(=O)O)[C@@H]1O[C@@H]1OC(C(=O)O)=C[C@H](O)[C@H]1O. The number of aliphatic hydroxyl groups is 7. The number of ether oxygens (including phenoxy) is 7. The lowest BCUT2D eigenvalue weighted by Crippen LogP contribution is -2.70. The highest BCUT2D eigenvalue weighted by atomic mass is 32.3. The molecular weight excluding hydrogens is 876 g/mol. The fourth-order valence-electron chi connectivity index (χ4n) is 6.49. The molecule has 0 bridgehead atoms. The smallest absolute Gasteiger partial charge is 0.397 e. The van der Waals surface area contributed by atoms with Crippen LogP contribution >= 0.6 is 0 Å². The summed E-state index contributed by atoms with van der Waals surface area (Å²) in [7, 11) is -11.0. The van der Waals surface area contributed by atoms with E-state index in [9.17, 15) is 91.1 Å². The second-order valence-corrected chi connectivity index (χ2v) is 15.3. The Morgan fingerprint density at radius 3 is 1.62 bits per heavy atom. The number of aliphatic hydroxyl groups excluding tert-OH is 7. The average molecular weight is 919 g/mol. The maximum atomic E-state index is 12.6. The third kappa shape index (κ3) is 12.0. The summed E-state index contributed by atoms with van der Waals surface area (Å²) in [6.07, 6.45) is -35.6. The molecule has 18 atom stereocenters. The Balaban J connectivity index is 1.73. The Morgan fingerprint density at radius 1 is 0.650 bits per heavy atom. The second kappa shape index (κ2) is 19.8. The van der Waals surface area contributed by atoms with E-state index < -0.39 is 174 Å². The monoisotopic (exact) mass is 918 g/mol. The summed E-state index contributed by atoms with van der Waals surface area (Å²) in [4.78, 5) is 48.7. The van der Waals surface area contributed by atoms with Crippen molar-refractivity contribution >= 4 is 44.6 Å². The van der Waals surface area contributed by atoms with Crippen molar-refractivity contribution < 1.29 is 133 Å². The van der Waals surface area contributed by atoms with Gasteiger partial charge in [-0.15, -0.1) is 0 Å². The lowest BCUT2D eigenvalue weighted by atomic mass is 9.94. The van der Waals surface area contributed by atoms with Gasteiger partial charge in [0.25, 0.3) is 0 Å². The lowest BCUT2D eigenvalue weighted by Gasteiger charge is -2.49. The summed E-state index contributed by atoms with van der Waals surface area (Å²) >= 11 is 0. The average Bonchev–Trinajstić information content (AvgIpc) is 3.12. The normalized spacial score (nSPS) is 40.1. The first kappa shape index (κ1) is 49.3. The fraction of sp³-hybridized carbons (Fsp3) is 0.786. The van der Waals surface area contributed by atoms with Gasteiger partial charge in [0.2, 0.25) is 23.9 Å². The van der Waals surface area contributed by atoms with Crippen LogP contribution in [0.25, 0.3) is 0 Å². The largest absolute Gasteiger partial charge is 0.479 e. The van der Waals surface area contributed by atoms with Gasteiger partial charge in [-0.2, -0.15) is 16.8 Å². The predicted molar refractivity (Wildman–Crippen MR) is 177 cm³/mol. The molecule has 13 N–H and O–H groups in total. The molecule has 1 unspecified atom stereocenters. The van der Waals surface area contributed by atoms with E-state index in [-0.39, 0.29) is 0 Å². The Morgan fingerprint density at radius 2 is 1.13 bits per heavy atom. The number of hydrogen-bond donors (Lipinski definition) is 13. The number of nitrogens with one attached hydrogen (secondary N) is 2. The van der Waals surface area contributed by atoms with Gasteiger partial charge in [0, 0.05) is 13.8 Å². The zero-order chi connectivity index (χ0) is 45.2. The standard InChI is InChI=1S/C28H42N2O28S2/c1-6(33)29-12-19(17(57-59(44,45)46)10(4-31)50-25(12)43)53-28-16(38)15(37)21(22(56-28)24(41)42)55-26-13(30-7(2)34)20(18(11(5-32)52-26)58-60(47,48)49)54-27-14(36)8(35)3-9(51-27)23(39)40/h3,8,10-22,25-28,31-32,35-38,43H,4-5H2,1-2H3,(H,29,33)(H,30,34)(H,39,40)(H,41,42)(H,44,45,46)(H,47,48,49)/t8-,10+,11+,12+,13+,14+,15+,16+,17-,18-,19+,20+,21-,22-,25?,26-,27-,28+/m0/s1. The van der Waals surface area contributed by atoms with Crippen molar-refractivity contribution in [1.29, 1.82) is 0 Å². The fourth-order valence-corrected chi connectivity index (χ4v) is 7.52. The third-order valence-electron chi connectivity index (χ3n) is 8.94. The number of carboxylic acid groups (broad SMARTS) is 2. The number of amides is 2. The van der Waals surface area contributed by atoms with E-state index in [0.29, 0.717) is 6.08 Å². The zero-order valence-corrected chi connectivity index (χ0v) is 32.2. The van der Waals surface area contributed by atoms with Crippen molar-refractivity contribution in [2.24, 2.45) is 0 Å². The summed E-state index contributed by atoms with van der Waals surface area (Å²) in [6.45, 7) is -0.683. The van der Waals surface area contributed by atoms with Crippen LogP contribution in [-0.2, 0) is 81.5 Å². The van der Waals surface area contributed by atoms with Crippen molar-refractivity contribution in [2.75, 3.05) is 13.2 Å². The Kier molecular flexibility index (Phi) is 16.3. The van der Waals surface area contributed by atoms with E-state index in [1.165, 1.54) is 0 Å². The lowest BCUT2D eigenvalue weighted by molar-refractivity contribution is -0.362. The van der Waals surface area contributed by atoms with Gasteiger partial charge in [0.05, 0.1) is 13.2 Å². The quantitative estimate of drug-likeness (QED) is 0.0639. The Labute approximate surface area is 336 Å². The minimum absolute atomic E-state index is 0.548. The molecule has 32 heteroatoms. The topological polar surface area (TPSA) is 466 Å². The van der Waals surface area contributed by atoms with Gasteiger partial charge in [0.15, 0.2) is 25.0 Å². The van der Waals surface area contributed by atoms with Crippen LogP contribution in [0.2, 0.25) is 0 Å². The molecule has 0 aliphatic carbocycles. The van der Waals surface area contributed by atoms with Crippen LogP contribution in [0.5, 0.6) is 0 Å². The van der Waals surface area contributed by atoms with Crippen LogP contribution < -0.4 is 10.6 Å². The summed E-state index contributed by atoms with van der Waals surface area (Å²) < 4.78 is 113. The molecule has 3 saturated heterocycles. The number of aliphatic carboxylic acids is 2. The van der Waals surface area contributed by atoms with Crippen molar-refractivity contribution in [3.63, 3.8) is 0 Å². The van der Waals surface area contributed by atoms with Crippen LogP contribution in [0, 0.1) is 0 Å². The minimum atomic E-state index is -5.56. The summed E-state index contributed by atoms with van der Waals surface area (Å²) in [5, 5.41) is 97.7. The maximum Gasteiger partial charge on any atom is 0.397 e. The highest BCUT2D eigenvalue weighted by molar-refractivity contribution is 7.81. The molecule has 0 saturated carbocycles. The first-order valence-corrected chi connectivity index (χ1v) is 19.7. The molecule has 0 radical (unpaired) electrons. The molecule has 0 aromatic carbocycles. The van der Waals surface area contributed by atoms with Crippen LogP contribution in [0.15, 0.2) is 11.8 Å². The number of carboxylic acids is 2. The molecule has 30 nitrogen and oxygen atoms in total. The molecule has 344 valence electrons. The van der Waals surface area contributed by atoms with Gasteiger partial charge >= 0.3 is 32.7 Å². The number of carbonyl (C=O) groups is 4. The van der Waals surface area contributed by atoms with Gasteiger partial charge in [-0.05, 0) is 6.08 Å². The number of carbonyl (C=O) groups excluding carboxylic acids is 2. The van der Waals surface area contributed by atoms with Gasteiger partial charge in [0.1, 0.15) is 79.2 Å². The summed E-state index contributed by atoms with van der Waals surface area (Å²) in [5.74, 6) is -6.83. The highest BCUT2D eigenvalue weighted by Gasteiger charge is 2.58. The first-order chi connectivity index (χ1) is 27.8. The van der Waals surface area contributed by atoms with E-state index in [0.717, 1.165) is 13.8 Å². The molecule has 4 aliphatic heterocycles. The van der Waals surface area contributed by atoms with Gasteiger partial charge < -0.3 is 89.8 Å². The van der Waals surface area contributed by atoms with Crippen molar-refractivity contribution in [1.82, 2.24) is 10.6 Å². The molecule has 0 aromatic rings. The second-order valence-electron chi connectivity index (χ2n) is 13.3. The van der Waals surface area contributed by atoms with Crippen LogP contribution in [0.3, 0.4) is 0 Å². The zero-order valence-electron chi connectivity index (χ0n) is 30.6. The molecule has 2 amide bonds. The number of hydrogen-bond acceptors (Lipinski definition) is 24. The molecule has 0 spiro atoms. The van der Waals surface area contributed by atoms with Crippen molar-refractivity contribution in [2.45, 2.75) is 124 Å². The molecule has 3 fully saturated rings. The third-order valence-corrected chi connectivity index (χ3v) is 9.87. The van der Waals surface area contributed by atoms with Gasteiger partial charge in [-0.25, -0.2) is 18.0 Å². The van der Waals surface area contributed by atoms with Crippen LogP contribution in [0.1, 0.15) is 13.8 Å². The maximum absolute atomic E-state index is 12.6. The van der Waals surface area contributed by atoms with E-state index >= 15 is 0 Å². The van der Waals surface area contributed by atoms with Crippen molar-refractivity contribution in [3.05, 3.63) is 11.8 Å². The van der Waals surface area contributed by atoms with Crippen LogP contribution in [0.4, 0.5) is 0 Å². The Hall–Kier alpha value is -3.36. The molecule has 60 heavy (non-hydrogen) atoms.